The summed E-state index contributed by atoms with van der Waals surface area (Å²) < 4.78 is 0. The molecule has 82 valence electrons. The van der Waals surface area contributed by atoms with E-state index in [1.165, 1.54) is 0 Å². The van der Waals surface area contributed by atoms with E-state index in [1.807, 2.05) is 30.4 Å². The van der Waals surface area contributed by atoms with Crippen LogP contribution in [0.4, 0.5) is 0 Å². The standard InChI is InChI=1S/C15H10O2/c16-14-11-7-3-4-8-12(11)15(17)13(14)9-10-5-1-2-6-10/h1-9,16H. The van der Waals surface area contributed by atoms with Crippen LogP contribution in [0.2, 0.25) is 0 Å². The highest BCUT2D eigenvalue weighted by atomic mass is 16.3. The molecule has 0 amide bonds. The molecule has 2 nitrogen and oxygen atoms in total. The molecule has 0 aromatic heterocycles. The Labute approximate surface area is 98.9 Å². The molecule has 1 aromatic carbocycles. The molecular formula is C15H10O2. The van der Waals surface area contributed by atoms with Crippen LogP contribution < -0.4 is 0 Å². The monoisotopic (exact) mass is 222 g/mol. The number of rotatable bonds is 1. The van der Waals surface area contributed by atoms with Gasteiger partial charge in [-0.05, 0) is 11.6 Å². The summed E-state index contributed by atoms with van der Waals surface area (Å²) in [7, 11) is 0. The topological polar surface area (TPSA) is 37.3 Å². The lowest BCUT2D eigenvalue weighted by Crippen LogP contribution is -1.96. The number of carbonyl (C=O) groups excluding carboxylic acids is 1. The van der Waals surface area contributed by atoms with Crippen molar-refractivity contribution >= 4 is 11.5 Å². The van der Waals surface area contributed by atoms with Crippen LogP contribution >= 0.6 is 0 Å². The SMILES string of the molecule is O=C1C(C=C2C=CC=C2)=C(O)c2ccccc21. The van der Waals surface area contributed by atoms with Crippen LogP contribution in [0.5, 0.6) is 0 Å². The summed E-state index contributed by atoms with van der Waals surface area (Å²) in [5.41, 5.74) is 2.49. The molecule has 0 bridgehead atoms. The number of ketones is 1. The van der Waals surface area contributed by atoms with Gasteiger partial charge in [0.05, 0.1) is 5.57 Å². The van der Waals surface area contributed by atoms with E-state index in [1.54, 1.807) is 24.3 Å². The third-order valence-electron chi connectivity index (χ3n) is 2.93. The lowest BCUT2D eigenvalue weighted by atomic mass is 10.1. The summed E-state index contributed by atoms with van der Waals surface area (Å²) in [6.45, 7) is 0. The van der Waals surface area contributed by atoms with Gasteiger partial charge < -0.3 is 5.11 Å². The Kier molecular flexibility index (Phi) is 2.08. The van der Waals surface area contributed by atoms with Gasteiger partial charge in [-0.25, -0.2) is 0 Å². The highest BCUT2D eigenvalue weighted by molar-refractivity contribution is 6.21. The molecule has 3 rings (SSSR count). The predicted molar refractivity (Wildman–Crippen MR) is 66.7 cm³/mol. The minimum Gasteiger partial charge on any atom is -0.507 e. The first-order valence-corrected chi connectivity index (χ1v) is 5.41. The first kappa shape index (κ1) is 9.85. The molecule has 0 saturated heterocycles. The molecule has 0 atom stereocenters. The minimum absolute atomic E-state index is 0.0757. The average Bonchev–Trinajstić information content (AvgIpc) is 2.94. The summed E-state index contributed by atoms with van der Waals surface area (Å²) in [6.07, 6.45) is 9.32. The molecule has 2 heteroatoms. The number of benzene rings is 1. The maximum atomic E-state index is 12.1. The number of hydrogen-bond donors (Lipinski definition) is 1. The maximum Gasteiger partial charge on any atom is 0.197 e. The van der Waals surface area contributed by atoms with Gasteiger partial charge in [-0.2, -0.15) is 0 Å². The molecule has 0 unspecified atom stereocenters. The van der Waals surface area contributed by atoms with Gasteiger partial charge in [-0.1, -0.05) is 48.6 Å². The van der Waals surface area contributed by atoms with Gasteiger partial charge in [0.1, 0.15) is 5.76 Å². The Hall–Kier alpha value is -2.35. The maximum absolute atomic E-state index is 12.1. The fourth-order valence-electron chi connectivity index (χ4n) is 2.07. The van der Waals surface area contributed by atoms with Crippen molar-refractivity contribution in [1.29, 1.82) is 0 Å². The van der Waals surface area contributed by atoms with Gasteiger partial charge in [-0.15, -0.1) is 0 Å². The van der Waals surface area contributed by atoms with Crippen LogP contribution in [0.15, 0.2) is 65.8 Å². The second-order valence-corrected chi connectivity index (χ2v) is 4.00. The van der Waals surface area contributed by atoms with E-state index in [4.69, 9.17) is 0 Å². The first-order valence-electron chi connectivity index (χ1n) is 5.41. The quantitative estimate of drug-likeness (QED) is 0.792. The molecule has 2 aliphatic carbocycles. The summed E-state index contributed by atoms with van der Waals surface area (Å²) in [6, 6.07) is 7.11. The Morgan fingerprint density at radius 2 is 1.65 bits per heavy atom. The molecule has 0 fully saturated rings. The highest BCUT2D eigenvalue weighted by Crippen LogP contribution is 2.32. The third kappa shape index (κ3) is 1.46. The van der Waals surface area contributed by atoms with E-state index < -0.39 is 0 Å². The van der Waals surface area contributed by atoms with Crippen molar-refractivity contribution in [2.45, 2.75) is 0 Å². The zero-order valence-electron chi connectivity index (χ0n) is 9.05. The largest absolute Gasteiger partial charge is 0.507 e. The second-order valence-electron chi connectivity index (χ2n) is 4.00. The van der Waals surface area contributed by atoms with Crippen molar-refractivity contribution in [3.8, 4) is 0 Å². The fraction of sp³-hybridized carbons (Fsp3) is 0. The Morgan fingerprint density at radius 1 is 1.00 bits per heavy atom. The number of allylic oxidation sites excluding steroid dienone is 7. The van der Waals surface area contributed by atoms with Gasteiger partial charge in [0.25, 0.3) is 0 Å². The highest BCUT2D eigenvalue weighted by Gasteiger charge is 2.27. The summed E-state index contributed by atoms with van der Waals surface area (Å²) >= 11 is 0. The van der Waals surface area contributed by atoms with Crippen LogP contribution in [-0.4, -0.2) is 10.9 Å². The molecule has 0 aliphatic heterocycles. The van der Waals surface area contributed by atoms with Crippen LogP contribution in [0.3, 0.4) is 0 Å². The summed E-state index contributed by atoms with van der Waals surface area (Å²) in [5.74, 6) is -0.0360. The van der Waals surface area contributed by atoms with Gasteiger partial charge in [0.2, 0.25) is 0 Å². The second kappa shape index (κ2) is 3.59. The number of carbonyl (C=O) groups is 1. The summed E-state index contributed by atoms with van der Waals surface area (Å²) in [4.78, 5) is 12.1. The van der Waals surface area contributed by atoms with Crippen LogP contribution in [0.1, 0.15) is 15.9 Å². The van der Waals surface area contributed by atoms with Crippen LogP contribution in [0.25, 0.3) is 5.76 Å². The Morgan fingerprint density at radius 3 is 2.29 bits per heavy atom. The van der Waals surface area contributed by atoms with Crippen molar-refractivity contribution in [2.24, 2.45) is 0 Å². The van der Waals surface area contributed by atoms with Gasteiger partial charge >= 0.3 is 0 Å². The number of hydrogen-bond acceptors (Lipinski definition) is 2. The number of aliphatic hydroxyl groups excluding tert-OH is 1. The van der Waals surface area contributed by atoms with Crippen molar-refractivity contribution in [2.75, 3.05) is 0 Å². The van der Waals surface area contributed by atoms with Gasteiger partial charge in [0.15, 0.2) is 5.78 Å². The number of fused-ring (bicyclic) bond motifs is 1. The van der Waals surface area contributed by atoms with Crippen LogP contribution in [0, 0.1) is 0 Å². The van der Waals surface area contributed by atoms with Gasteiger partial charge in [0, 0.05) is 11.1 Å². The van der Waals surface area contributed by atoms with Crippen molar-refractivity contribution < 1.29 is 9.90 Å². The first-order chi connectivity index (χ1) is 8.27. The smallest absolute Gasteiger partial charge is 0.197 e. The fourth-order valence-corrected chi connectivity index (χ4v) is 2.07. The zero-order chi connectivity index (χ0) is 11.8. The molecule has 1 aromatic rings. The van der Waals surface area contributed by atoms with Gasteiger partial charge in [-0.3, -0.25) is 4.79 Å². The lowest BCUT2D eigenvalue weighted by Gasteiger charge is -1.95. The molecule has 0 saturated carbocycles. The Balaban J connectivity index is 2.12. The van der Waals surface area contributed by atoms with Crippen molar-refractivity contribution in [1.82, 2.24) is 0 Å². The molecule has 2 aliphatic rings. The molecular weight excluding hydrogens is 212 g/mol. The summed E-state index contributed by atoms with van der Waals surface area (Å²) in [5, 5.41) is 10.0. The van der Waals surface area contributed by atoms with E-state index in [0.717, 1.165) is 5.57 Å². The van der Waals surface area contributed by atoms with Crippen molar-refractivity contribution in [3.05, 3.63) is 76.9 Å². The lowest BCUT2D eigenvalue weighted by molar-refractivity contribution is 0.104. The van der Waals surface area contributed by atoms with E-state index >= 15 is 0 Å². The van der Waals surface area contributed by atoms with E-state index in [-0.39, 0.29) is 11.5 Å². The van der Waals surface area contributed by atoms with Crippen LogP contribution in [-0.2, 0) is 0 Å². The predicted octanol–water partition coefficient (Wildman–Crippen LogP) is 3.20. The molecule has 1 N–H and O–H groups in total. The molecule has 0 radical (unpaired) electrons. The number of Topliss-reactive ketones (excluding diaryl/α,β-unsaturated/α-hetero) is 1. The minimum atomic E-state index is -0.112. The zero-order valence-corrected chi connectivity index (χ0v) is 9.05. The normalized spacial score (nSPS) is 16.9. The van der Waals surface area contributed by atoms with E-state index in [2.05, 4.69) is 0 Å². The third-order valence-corrected chi connectivity index (χ3v) is 2.93. The van der Waals surface area contributed by atoms with E-state index in [0.29, 0.717) is 16.7 Å². The molecule has 0 heterocycles. The molecule has 0 spiro atoms. The van der Waals surface area contributed by atoms with E-state index in [9.17, 15) is 9.90 Å². The molecule has 17 heavy (non-hydrogen) atoms. The Bertz CT molecular complexity index is 614. The average molecular weight is 222 g/mol. The number of aliphatic hydroxyl groups is 1. The van der Waals surface area contributed by atoms with Crippen molar-refractivity contribution in [3.63, 3.8) is 0 Å².